The molecule has 0 saturated heterocycles. The molecule has 0 aliphatic heterocycles. The van der Waals surface area contributed by atoms with Crippen molar-refractivity contribution in [2.75, 3.05) is 19.5 Å². The van der Waals surface area contributed by atoms with Crippen LogP contribution in [0.4, 0.5) is 0 Å². The van der Waals surface area contributed by atoms with Crippen molar-refractivity contribution in [1.29, 1.82) is 0 Å². The summed E-state index contributed by atoms with van der Waals surface area (Å²) in [5.41, 5.74) is 3.31. The molecule has 0 radical (unpaired) electrons. The van der Waals surface area contributed by atoms with E-state index in [2.05, 4.69) is 24.3 Å². The number of carboxylic acids is 1. The van der Waals surface area contributed by atoms with Crippen LogP contribution < -0.4 is 9.47 Å². The Bertz CT molecular complexity index is 966. The van der Waals surface area contributed by atoms with Gasteiger partial charge in [-0.05, 0) is 41.5 Å². The van der Waals surface area contributed by atoms with Crippen molar-refractivity contribution in [3.63, 3.8) is 0 Å². The van der Waals surface area contributed by atoms with Crippen molar-refractivity contribution in [3.05, 3.63) is 96.1 Å². The number of rotatable bonds is 9. The fraction of sp³-hybridized carbons (Fsp3) is 0.125. The highest BCUT2D eigenvalue weighted by Crippen LogP contribution is 2.32. The molecule has 0 amide bonds. The van der Waals surface area contributed by atoms with Gasteiger partial charge in [0.05, 0.1) is 7.11 Å². The van der Waals surface area contributed by atoms with Crippen LogP contribution in [0.15, 0.2) is 89.8 Å². The van der Waals surface area contributed by atoms with Crippen molar-refractivity contribution in [3.8, 4) is 11.5 Å². The first-order valence-corrected chi connectivity index (χ1v) is 10.1. The molecule has 0 atom stereocenters. The largest absolute Gasteiger partial charge is 0.496 e. The standard InChI is InChI=1S/C24H22O4S/c1-27-23-10-6-5-9-22(23)21(18-7-3-2-4-8-18)15-16-29-20-13-11-19(12-14-20)28-17-24(25)26/h2-15H,16-17H2,1H3,(H,25,26). The van der Waals surface area contributed by atoms with Crippen LogP contribution in [-0.4, -0.2) is 30.5 Å². The number of carbonyl (C=O) groups is 1. The van der Waals surface area contributed by atoms with E-state index in [1.54, 1.807) is 31.0 Å². The van der Waals surface area contributed by atoms with Crippen LogP contribution in [0.5, 0.6) is 11.5 Å². The predicted molar refractivity (Wildman–Crippen MR) is 117 cm³/mol. The number of para-hydroxylation sites is 1. The molecule has 3 rings (SSSR count). The molecule has 0 saturated carbocycles. The molecule has 0 spiro atoms. The summed E-state index contributed by atoms with van der Waals surface area (Å²) in [6.07, 6.45) is 2.20. The van der Waals surface area contributed by atoms with E-state index in [0.29, 0.717) is 5.75 Å². The molecular weight excluding hydrogens is 384 g/mol. The second-order valence-electron chi connectivity index (χ2n) is 6.15. The summed E-state index contributed by atoms with van der Waals surface area (Å²) in [5.74, 6) is 1.18. The van der Waals surface area contributed by atoms with E-state index in [1.807, 2.05) is 48.5 Å². The lowest BCUT2D eigenvalue weighted by Crippen LogP contribution is -2.09. The van der Waals surface area contributed by atoms with Crippen LogP contribution in [0, 0.1) is 0 Å². The summed E-state index contributed by atoms with van der Waals surface area (Å²) in [6, 6.07) is 25.7. The average molecular weight is 407 g/mol. The molecule has 148 valence electrons. The number of benzene rings is 3. The van der Waals surface area contributed by atoms with E-state index in [0.717, 1.165) is 33.1 Å². The van der Waals surface area contributed by atoms with Gasteiger partial charge in [-0.15, -0.1) is 11.8 Å². The molecular formula is C24H22O4S. The zero-order valence-corrected chi connectivity index (χ0v) is 16.9. The summed E-state index contributed by atoms with van der Waals surface area (Å²) < 4.78 is 10.7. The molecule has 29 heavy (non-hydrogen) atoms. The van der Waals surface area contributed by atoms with Crippen molar-refractivity contribution < 1.29 is 19.4 Å². The van der Waals surface area contributed by atoms with Gasteiger partial charge < -0.3 is 14.6 Å². The van der Waals surface area contributed by atoms with Gasteiger partial charge in [0.1, 0.15) is 11.5 Å². The Hall–Kier alpha value is -3.18. The third kappa shape index (κ3) is 5.90. The highest BCUT2D eigenvalue weighted by Gasteiger charge is 2.10. The molecule has 4 nitrogen and oxygen atoms in total. The number of hydrogen-bond acceptors (Lipinski definition) is 4. The Morgan fingerprint density at radius 1 is 0.966 bits per heavy atom. The molecule has 0 aliphatic carbocycles. The van der Waals surface area contributed by atoms with E-state index in [1.165, 1.54) is 0 Å². The van der Waals surface area contributed by atoms with Crippen LogP contribution in [0.3, 0.4) is 0 Å². The van der Waals surface area contributed by atoms with Crippen molar-refractivity contribution in [2.24, 2.45) is 0 Å². The van der Waals surface area contributed by atoms with E-state index < -0.39 is 5.97 Å². The molecule has 3 aromatic carbocycles. The topological polar surface area (TPSA) is 55.8 Å². The zero-order valence-electron chi connectivity index (χ0n) is 16.1. The van der Waals surface area contributed by atoms with E-state index >= 15 is 0 Å². The highest BCUT2D eigenvalue weighted by molar-refractivity contribution is 7.99. The normalized spacial score (nSPS) is 11.1. The Balaban J connectivity index is 1.76. The Morgan fingerprint density at radius 2 is 1.66 bits per heavy atom. The highest BCUT2D eigenvalue weighted by atomic mass is 32.2. The van der Waals surface area contributed by atoms with Crippen LogP contribution in [-0.2, 0) is 4.79 Å². The minimum Gasteiger partial charge on any atom is -0.496 e. The van der Waals surface area contributed by atoms with Gasteiger partial charge in [0.2, 0.25) is 0 Å². The maximum atomic E-state index is 10.6. The first-order chi connectivity index (χ1) is 14.2. The second kappa shape index (κ2) is 10.4. The third-order valence-corrected chi connectivity index (χ3v) is 5.14. The number of hydrogen-bond donors (Lipinski definition) is 1. The lowest BCUT2D eigenvalue weighted by atomic mass is 9.97. The summed E-state index contributed by atoms with van der Waals surface area (Å²) in [6.45, 7) is -0.339. The van der Waals surface area contributed by atoms with Crippen molar-refractivity contribution >= 4 is 23.3 Å². The Kier molecular flexibility index (Phi) is 7.36. The van der Waals surface area contributed by atoms with Gasteiger partial charge in [-0.25, -0.2) is 4.79 Å². The lowest BCUT2D eigenvalue weighted by Gasteiger charge is -2.13. The SMILES string of the molecule is COc1ccccc1C(=CCSc1ccc(OCC(=O)O)cc1)c1ccccc1. The second-order valence-corrected chi connectivity index (χ2v) is 7.24. The maximum absolute atomic E-state index is 10.6. The number of methoxy groups -OCH3 is 1. The lowest BCUT2D eigenvalue weighted by molar-refractivity contribution is -0.139. The van der Waals surface area contributed by atoms with Crippen molar-refractivity contribution in [1.82, 2.24) is 0 Å². The summed E-state index contributed by atoms with van der Waals surface area (Å²) in [7, 11) is 1.68. The van der Waals surface area contributed by atoms with Crippen LogP contribution in [0.25, 0.3) is 5.57 Å². The van der Waals surface area contributed by atoms with Crippen LogP contribution in [0.2, 0.25) is 0 Å². The number of thioether (sulfide) groups is 1. The minimum atomic E-state index is -0.988. The minimum absolute atomic E-state index is 0.339. The maximum Gasteiger partial charge on any atom is 0.341 e. The molecule has 0 unspecified atom stereocenters. The summed E-state index contributed by atoms with van der Waals surface area (Å²) in [4.78, 5) is 11.7. The molecule has 0 aliphatic rings. The molecule has 1 N–H and O–H groups in total. The number of carboxylic acid groups (broad SMARTS) is 1. The van der Waals surface area contributed by atoms with E-state index in [9.17, 15) is 4.79 Å². The van der Waals surface area contributed by atoms with Gasteiger partial charge in [-0.2, -0.15) is 0 Å². The number of ether oxygens (including phenoxy) is 2. The molecule has 0 bridgehead atoms. The van der Waals surface area contributed by atoms with Gasteiger partial charge in [0, 0.05) is 16.2 Å². The summed E-state index contributed by atoms with van der Waals surface area (Å²) >= 11 is 1.70. The van der Waals surface area contributed by atoms with Gasteiger partial charge in [-0.1, -0.05) is 54.6 Å². The van der Waals surface area contributed by atoms with E-state index in [-0.39, 0.29) is 6.61 Å². The zero-order chi connectivity index (χ0) is 20.5. The van der Waals surface area contributed by atoms with Crippen LogP contribution >= 0.6 is 11.8 Å². The quantitative estimate of drug-likeness (QED) is 0.483. The van der Waals surface area contributed by atoms with Gasteiger partial charge in [0.25, 0.3) is 0 Å². The number of aliphatic carboxylic acids is 1. The third-order valence-electron chi connectivity index (χ3n) is 4.21. The molecule has 0 fully saturated rings. The smallest absolute Gasteiger partial charge is 0.341 e. The molecule has 3 aromatic rings. The van der Waals surface area contributed by atoms with Gasteiger partial charge >= 0.3 is 5.97 Å². The molecule has 5 heteroatoms. The average Bonchev–Trinajstić information content (AvgIpc) is 2.77. The van der Waals surface area contributed by atoms with E-state index in [4.69, 9.17) is 14.6 Å². The summed E-state index contributed by atoms with van der Waals surface area (Å²) in [5, 5.41) is 8.68. The molecule has 0 aromatic heterocycles. The first-order valence-electron chi connectivity index (χ1n) is 9.14. The Labute approximate surface area is 174 Å². The predicted octanol–water partition coefficient (Wildman–Crippen LogP) is 5.38. The fourth-order valence-electron chi connectivity index (χ4n) is 2.87. The van der Waals surface area contributed by atoms with Crippen LogP contribution in [0.1, 0.15) is 11.1 Å². The molecule has 0 heterocycles. The van der Waals surface area contributed by atoms with Crippen molar-refractivity contribution in [2.45, 2.75) is 4.90 Å². The fourth-order valence-corrected chi connectivity index (χ4v) is 3.64. The first kappa shape index (κ1) is 20.6. The monoisotopic (exact) mass is 406 g/mol. The van der Waals surface area contributed by atoms with Gasteiger partial charge in [0.15, 0.2) is 6.61 Å². The Morgan fingerprint density at radius 3 is 2.34 bits per heavy atom. The van der Waals surface area contributed by atoms with Gasteiger partial charge in [-0.3, -0.25) is 0 Å².